The Morgan fingerprint density at radius 1 is 0.970 bits per heavy atom. The van der Waals surface area contributed by atoms with E-state index in [0.29, 0.717) is 17.4 Å². The summed E-state index contributed by atoms with van der Waals surface area (Å²) in [5.74, 6) is -0.454. The predicted molar refractivity (Wildman–Crippen MR) is 257 cm³/mol. The van der Waals surface area contributed by atoms with E-state index in [1.54, 1.807) is 30.5 Å². The lowest BCUT2D eigenvalue weighted by molar-refractivity contribution is -0.384. The number of carbonyl (C=O) groups excluding carboxylic acids is 1. The number of aromatic amines is 1. The number of carbonyl (C=O) groups is 1. The number of H-pyrrole nitrogens is 1. The Morgan fingerprint density at radius 3 is 2.47 bits per heavy atom. The van der Waals surface area contributed by atoms with E-state index < -0.39 is 25.7 Å². The molecule has 3 N–H and O–H groups in total. The van der Waals surface area contributed by atoms with Gasteiger partial charge in [-0.05, 0) is 110 Å². The van der Waals surface area contributed by atoms with Crippen molar-refractivity contribution in [3.8, 4) is 11.5 Å². The number of amides is 1. The number of rotatable bonds is 13. The van der Waals surface area contributed by atoms with Gasteiger partial charge in [-0.15, -0.1) is 0 Å². The first-order valence-electron chi connectivity index (χ1n) is 22.9. The van der Waals surface area contributed by atoms with Gasteiger partial charge >= 0.3 is 0 Å². The Balaban J connectivity index is 0.904. The molecule has 4 heterocycles. The summed E-state index contributed by atoms with van der Waals surface area (Å²) in [5.41, 5.74) is 5.63. The van der Waals surface area contributed by atoms with Crippen molar-refractivity contribution < 1.29 is 27.6 Å². The van der Waals surface area contributed by atoms with Gasteiger partial charge in [0.25, 0.3) is 21.6 Å². The van der Waals surface area contributed by atoms with Crippen LogP contribution in [0.4, 0.5) is 17.1 Å². The molecule has 2 aliphatic heterocycles. The number of aromatic nitrogens is 2. The average Bonchev–Trinajstić information content (AvgIpc) is 3.79. The van der Waals surface area contributed by atoms with Gasteiger partial charge in [-0.25, -0.2) is 18.1 Å². The third-order valence-corrected chi connectivity index (χ3v) is 15.2. The minimum Gasteiger partial charge on any atom is -0.455 e. The zero-order chi connectivity index (χ0) is 46.0. The second kappa shape index (κ2) is 19.4. The number of anilines is 2. The second-order valence-electron chi connectivity index (χ2n) is 18.7. The molecule has 0 radical (unpaired) electrons. The van der Waals surface area contributed by atoms with Crippen LogP contribution in [-0.4, -0.2) is 110 Å². The number of hydrogen-bond acceptors (Lipinski definition) is 12. The van der Waals surface area contributed by atoms with E-state index in [1.165, 1.54) is 35.0 Å². The van der Waals surface area contributed by atoms with Crippen molar-refractivity contribution in [1.82, 2.24) is 24.5 Å². The quantitative estimate of drug-likeness (QED) is 0.0757. The average molecular weight is 938 g/mol. The third-order valence-electron chi connectivity index (χ3n) is 13.7. The van der Waals surface area contributed by atoms with Crippen LogP contribution in [0.25, 0.3) is 16.6 Å². The van der Waals surface area contributed by atoms with Crippen LogP contribution in [0, 0.1) is 15.5 Å². The molecule has 2 saturated heterocycles. The van der Waals surface area contributed by atoms with Crippen LogP contribution in [0.5, 0.6) is 11.5 Å². The number of nitrogens with zero attached hydrogens (tertiary/aromatic N) is 5. The van der Waals surface area contributed by atoms with Crippen molar-refractivity contribution in [2.24, 2.45) is 5.41 Å². The molecule has 9 rings (SSSR count). The lowest BCUT2D eigenvalue weighted by Gasteiger charge is -2.39. The Labute approximate surface area is 390 Å². The number of benzene rings is 3. The van der Waals surface area contributed by atoms with E-state index in [-0.39, 0.29) is 34.1 Å². The van der Waals surface area contributed by atoms with Gasteiger partial charge in [-0.1, -0.05) is 43.2 Å². The largest absolute Gasteiger partial charge is 0.455 e. The fourth-order valence-corrected chi connectivity index (χ4v) is 11.0. The number of nitro groups is 1. The fraction of sp³-hybridized carbons (Fsp3) is 0.429. The van der Waals surface area contributed by atoms with Crippen molar-refractivity contribution in [2.75, 3.05) is 69.2 Å². The second-order valence-corrected chi connectivity index (χ2v) is 20.8. The molecule has 2 aliphatic carbocycles. The van der Waals surface area contributed by atoms with E-state index in [0.717, 1.165) is 126 Å². The fourth-order valence-electron chi connectivity index (χ4n) is 9.92. The molecule has 348 valence electrons. The van der Waals surface area contributed by atoms with Gasteiger partial charge in [0.1, 0.15) is 22.8 Å². The molecular formula is C49H57ClN8O7S. The summed E-state index contributed by atoms with van der Waals surface area (Å²) in [6.45, 7) is 11.9. The highest BCUT2D eigenvalue weighted by molar-refractivity contribution is 7.90. The van der Waals surface area contributed by atoms with E-state index in [2.05, 4.69) is 60.7 Å². The Bertz CT molecular complexity index is 2720. The summed E-state index contributed by atoms with van der Waals surface area (Å²) in [6.07, 6.45) is 10.1. The van der Waals surface area contributed by atoms with Crippen LogP contribution in [-0.2, 0) is 14.8 Å². The van der Waals surface area contributed by atoms with Gasteiger partial charge in [-0.2, -0.15) is 0 Å². The summed E-state index contributed by atoms with van der Waals surface area (Å²) in [6, 6.07) is 21.1. The van der Waals surface area contributed by atoms with Gasteiger partial charge in [-0.3, -0.25) is 24.7 Å². The first-order valence-corrected chi connectivity index (χ1v) is 24.8. The van der Waals surface area contributed by atoms with E-state index in [1.807, 2.05) is 18.2 Å². The molecule has 4 aliphatic rings. The molecule has 1 saturated carbocycles. The molecule has 3 aromatic carbocycles. The number of nitro benzene ring substituents is 1. The molecule has 17 heteroatoms. The maximum absolute atomic E-state index is 14.0. The number of allylic oxidation sites excluding steroid dienone is 1. The van der Waals surface area contributed by atoms with Crippen molar-refractivity contribution >= 4 is 61.2 Å². The first kappa shape index (κ1) is 45.6. The van der Waals surface area contributed by atoms with Crippen LogP contribution in [0.1, 0.15) is 74.7 Å². The molecule has 0 atom stereocenters. The lowest BCUT2D eigenvalue weighted by Crippen LogP contribution is -2.47. The SMILES string of the molecule is CC1(C)CCC(CN2CCN(c3ccc(C(=O)NS(=O)(=O)c4ccc(N[C@H]5CC[C@@H](N6CCOCC6)CC5)c([N+](=O)[O-])c4)c(Oc4cnc5[nH]ccc5c4)c3)CC2)=C(c2ccc(Cl)cc2)C1. The van der Waals surface area contributed by atoms with Crippen molar-refractivity contribution in [3.05, 3.63) is 117 Å². The predicted octanol–water partition coefficient (Wildman–Crippen LogP) is 8.88. The number of halogens is 1. The number of fused-ring (bicyclic) bond motifs is 1. The van der Waals surface area contributed by atoms with Crippen LogP contribution in [0.15, 0.2) is 95.7 Å². The minimum absolute atomic E-state index is 0.00238. The van der Waals surface area contributed by atoms with Gasteiger partial charge in [0.15, 0.2) is 0 Å². The highest BCUT2D eigenvalue weighted by Gasteiger charge is 2.32. The zero-order valence-electron chi connectivity index (χ0n) is 37.4. The normalized spacial score (nSPS) is 20.9. The number of sulfonamides is 1. The van der Waals surface area contributed by atoms with Crippen LogP contribution in [0.2, 0.25) is 5.02 Å². The summed E-state index contributed by atoms with van der Waals surface area (Å²) >= 11 is 6.25. The number of hydrogen-bond donors (Lipinski definition) is 3. The summed E-state index contributed by atoms with van der Waals surface area (Å²) in [7, 11) is -4.57. The monoisotopic (exact) mass is 936 g/mol. The highest BCUT2D eigenvalue weighted by atomic mass is 35.5. The first-order chi connectivity index (χ1) is 31.8. The molecule has 0 bridgehead atoms. The maximum atomic E-state index is 14.0. The Hall–Kier alpha value is -5.52. The molecule has 0 spiro atoms. The molecule has 1 amide bonds. The number of piperazine rings is 1. The van der Waals surface area contributed by atoms with Gasteiger partial charge in [0.05, 0.1) is 34.8 Å². The maximum Gasteiger partial charge on any atom is 0.293 e. The lowest BCUT2D eigenvalue weighted by atomic mass is 9.72. The molecule has 2 aromatic heterocycles. The van der Waals surface area contributed by atoms with Gasteiger partial charge in [0.2, 0.25) is 0 Å². The van der Waals surface area contributed by atoms with Crippen LogP contribution < -0.4 is 19.7 Å². The Morgan fingerprint density at radius 2 is 1.73 bits per heavy atom. The number of morpholine rings is 1. The number of ether oxygens (including phenoxy) is 2. The van der Waals surface area contributed by atoms with Gasteiger partial charge in [0, 0.05) is 92.3 Å². The van der Waals surface area contributed by atoms with Crippen LogP contribution in [0.3, 0.4) is 0 Å². The van der Waals surface area contributed by atoms with Crippen molar-refractivity contribution in [2.45, 2.75) is 75.8 Å². The topological polar surface area (TPSA) is 175 Å². The van der Waals surface area contributed by atoms with E-state index >= 15 is 0 Å². The molecule has 5 aromatic rings. The number of nitrogens with one attached hydrogen (secondary N) is 3. The molecule has 15 nitrogen and oxygen atoms in total. The standard InChI is InChI=1S/C49H57ClN8O7S/c1-49(2)17-15-35(43(30-49)33-3-5-36(50)6-4-33)32-55-19-21-56(22-20-55)39-11-13-42(46(28-39)65-40-27-34-16-18-51-47(34)52-31-40)48(59)54-66(62,63)41-12-14-44(45(29-41)58(60)61)53-37-7-9-38(10-8-37)57-23-25-64-26-24-57/h3-6,11-14,16,18,27-29,31,37-38,53H,7-10,15,17,19-26,30,32H2,1-2H3,(H,51,52)(H,54,59)/t37-,38+. The summed E-state index contributed by atoms with van der Waals surface area (Å²) in [4.78, 5) is 40.0. The third kappa shape index (κ3) is 10.5. The summed E-state index contributed by atoms with van der Waals surface area (Å²) in [5, 5.41) is 17.2. The van der Waals surface area contributed by atoms with E-state index in [9.17, 15) is 23.3 Å². The number of pyridine rings is 1. The minimum atomic E-state index is -4.57. The zero-order valence-corrected chi connectivity index (χ0v) is 39.0. The molecule has 3 fully saturated rings. The highest BCUT2D eigenvalue weighted by Crippen LogP contribution is 2.44. The molecule has 0 unspecified atom stereocenters. The Kier molecular flexibility index (Phi) is 13.4. The summed E-state index contributed by atoms with van der Waals surface area (Å²) < 4.78 is 41.7. The molecule has 66 heavy (non-hydrogen) atoms. The van der Waals surface area contributed by atoms with Crippen LogP contribution >= 0.6 is 11.6 Å². The van der Waals surface area contributed by atoms with Crippen molar-refractivity contribution in [3.63, 3.8) is 0 Å². The van der Waals surface area contributed by atoms with E-state index in [4.69, 9.17) is 21.1 Å². The van der Waals surface area contributed by atoms with Gasteiger partial charge < -0.3 is 24.7 Å². The molecular weight excluding hydrogens is 880 g/mol. The smallest absolute Gasteiger partial charge is 0.293 e. The van der Waals surface area contributed by atoms with Crippen molar-refractivity contribution in [1.29, 1.82) is 0 Å².